The molecule has 0 unspecified atom stereocenters. The molecule has 0 radical (unpaired) electrons. The number of anilines is 3. The van der Waals surface area contributed by atoms with Crippen molar-refractivity contribution >= 4 is 29.3 Å². The van der Waals surface area contributed by atoms with E-state index in [1.165, 1.54) is 0 Å². The van der Waals surface area contributed by atoms with Gasteiger partial charge in [0.1, 0.15) is 11.6 Å². The van der Waals surface area contributed by atoms with Crippen molar-refractivity contribution in [2.75, 3.05) is 10.6 Å². The number of ether oxygens (including phenoxy) is 1. The van der Waals surface area contributed by atoms with Crippen LogP contribution in [0.4, 0.5) is 30.6 Å². The molecule has 1 amide bonds. The van der Waals surface area contributed by atoms with E-state index in [0.717, 1.165) is 0 Å². The number of hydrogen-bond donors (Lipinski definition) is 3. The molecule has 1 aromatic heterocycles. The third kappa shape index (κ3) is 5.45. The van der Waals surface area contributed by atoms with Crippen molar-refractivity contribution in [2.45, 2.75) is 31.8 Å². The van der Waals surface area contributed by atoms with Crippen molar-refractivity contribution in [3.05, 3.63) is 59.7 Å². The molecule has 34 heavy (non-hydrogen) atoms. The lowest BCUT2D eigenvalue weighted by molar-refractivity contribution is -0.143. The van der Waals surface area contributed by atoms with Crippen molar-refractivity contribution in [1.82, 2.24) is 10.2 Å². The Labute approximate surface area is 190 Å². The Morgan fingerprint density at radius 3 is 2.32 bits per heavy atom. The molecule has 2 aromatic carbocycles. The van der Waals surface area contributed by atoms with Crippen LogP contribution in [0, 0.1) is 23.4 Å². The van der Waals surface area contributed by atoms with Gasteiger partial charge in [0.2, 0.25) is 0 Å². The third-order valence-corrected chi connectivity index (χ3v) is 5.31. The molecule has 0 aliphatic heterocycles. The summed E-state index contributed by atoms with van der Waals surface area (Å²) in [5, 5.41) is 21.0. The minimum Gasteiger partial charge on any atom is -0.490 e. The SMILES string of the molecule is O=C(Nc1ccc(OC2CCC(C(=O)O)CC2)cc1)c1nnc(Nc2cc(F)c(F)cc2F)o1. The van der Waals surface area contributed by atoms with Crippen LogP contribution in [-0.4, -0.2) is 33.3 Å². The summed E-state index contributed by atoms with van der Waals surface area (Å²) in [4.78, 5) is 23.4. The van der Waals surface area contributed by atoms with Crippen LogP contribution in [0.5, 0.6) is 5.75 Å². The van der Waals surface area contributed by atoms with Crippen molar-refractivity contribution < 1.29 is 37.0 Å². The number of carboxylic acids is 1. The number of carbonyl (C=O) groups is 2. The molecule has 0 bridgehead atoms. The second-order valence-corrected chi connectivity index (χ2v) is 7.69. The van der Waals surface area contributed by atoms with E-state index in [1.807, 2.05) is 0 Å². The van der Waals surface area contributed by atoms with Crippen LogP contribution < -0.4 is 15.4 Å². The number of halogens is 3. The average molecular weight is 476 g/mol. The highest BCUT2D eigenvalue weighted by molar-refractivity contribution is 6.00. The van der Waals surface area contributed by atoms with Crippen molar-refractivity contribution in [3.8, 4) is 5.75 Å². The highest BCUT2D eigenvalue weighted by Gasteiger charge is 2.27. The number of aliphatic carboxylic acids is 1. The molecule has 1 saturated carbocycles. The maximum absolute atomic E-state index is 13.7. The summed E-state index contributed by atoms with van der Waals surface area (Å²) in [7, 11) is 0. The van der Waals surface area contributed by atoms with E-state index in [1.54, 1.807) is 24.3 Å². The van der Waals surface area contributed by atoms with Gasteiger partial charge in [-0.2, -0.15) is 0 Å². The van der Waals surface area contributed by atoms with Gasteiger partial charge in [-0.1, -0.05) is 5.10 Å². The molecule has 178 valence electrons. The molecule has 0 spiro atoms. The summed E-state index contributed by atoms with van der Waals surface area (Å²) in [5.41, 5.74) is -0.0344. The zero-order chi connectivity index (χ0) is 24.2. The maximum atomic E-state index is 13.7. The highest BCUT2D eigenvalue weighted by Crippen LogP contribution is 2.28. The molecular weight excluding hydrogens is 457 g/mol. The molecule has 1 fully saturated rings. The average Bonchev–Trinajstić information content (AvgIpc) is 3.28. The van der Waals surface area contributed by atoms with E-state index in [4.69, 9.17) is 14.3 Å². The second kappa shape index (κ2) is 9.81. The molecule has 1 heterocycles. The van der Waals surface area contributed by atoms with E-state index in [0.29, 0.717) is 49.3 Å². The number of carboxylic acid groups (broad SMARTS) is 1. The van der Waals surface area contributed by atoms with Gasteiger partial charge >= 0.3 is 23.8 Å². The first kappa shape index (κ1) is 23.1. The first-order chi connectivity index (χ1) is 16.3. The Hall–Kier alpha value is -4.09. The van der Waals surface area contributed by atoms with Crippen LogP contribution in [-0.2, 0) is 4.79 Å². The molecule has 0 saturated heterocycles. The van der Waals surface area contributed by atoms with Crippen molar-refractivity contribution in [2.24, 2.45) is 5.92 Å². The van der Waals surface area contributed by atoms with E-state index < -0.39 is 46.9 Å². The predicted molar refractivity (Wildman–Crippen MR) is 112 cm³/mol. The standard InChI is InChI=1S/C22H19F3N4O5/c23-15-9-17(25)18(10-16(15)24)27-22-29-28-20(34-22)19(30)26-12-3-7-14(8-4-12)33-13-5-1-11(2-6-13)21(31)32/h3-4,7-11,13H,1-2,5-6H2,(H,26,30)(H,27,29)(H,31,32). The zero-order valence-corrected chi connectivity index (χ0v) is 17.6. The van der Waals surface area contributed by atoms with Crippen LogP contribution in [0.2, 0.25) is 0 Å². The van der Waals surface area contributed by atoms with Crippen LogP contribution in [0.15, 0.2) is 40.8 Å². The summed E-state index contributed by atoms with van der Waals surface area (Å²) in [6.45, 7) is 0. The Balaban J connectivity index is 1.32. The van der Waals surface area contributed by atoms with Crippen LogP contribution in [0.3, 0.4) is 0 Å². The van der Waals surface area contributed by atoms with Crippen molar-refractivity contribution in [1.29, 1.82) is 0 Å². The molecule has 1 aliphatic rings. The molecule has 3 N–H and O–H groups in total. The van der Waals surface area contributed by atoms with Gasteiger partial charge in [0.05, 0.1) is 17.7 Å². The van der Waals surface area contributed by atoms with E-state index in [9.17, 15) is 22.8 Å². The zero-order valence-electron chi connectivity index (χ0n) is 17.6. The highest BCUT2D eigenvalue weighted by atomic mass is 19.2. The molecule has 3 aromatic rings. The normalized spacial score (nSPS) is 17.7. The minimum atomic E-state index is -1.35. The summed E-state index contributed by atoms with van der Waals surface area (Å²) in [6, 6.07) is 7.06. The number of nitrogens with one attached hydrogen (secondary N) is 2. The van der Waals surface area contributed by atoms with Crippen LogP contribution >= 0.6 is 0 Å². The monoisotopic (exact) mass is 476 g/mol. The maximum Gasteiger partial charge on any atom is 0.320 e. The number of nitrogens with zero attached hydrogens (tertiary/aromatic N) is 2. The van der Waals surface area contributed by atoms with Gasteiger partial charge in [0, 0.05) is 17.8 Å². The summed E-state index contributed by atoms with van der Waals surface area (Å²) >= 11 is 0. The topological polar surface area (TPSA) is 127 Å². The Morgan fingerprint density at radius 2 is 1.65 bits per heavy atom. The van der Waals surface area contributed by atoms with E-state index in [2.05, 4.69) is 20.8 Å². The van der Waals surface area contributed by atoms with Crippen LogP contribution in [0.1, 0.15) is 36.4 Å². The summed E-state index contributed by atoms with van der Waals surface area (Å²) in [5.74, 6) is -5.42. The Kier molecular flexibility index (Phi) is 6.66. The fourth-order valence-electron chi connectivity index (χ4n) is 3.52. The van der Waals surface area contributed by atoms with E-state index in [-0.39, 0.29) is 12.0 Å². The second-order valence-electron chi connectivity index (χ2n) is 7.69. The van der Waals surface area contributed by atoms with Gasteiger partial charge in [0.15, 0.2) is 11.6 Å². The Bertz CT molecular complexity index is 1190. The van der Waals surface area contributed by atoms with Gasteiger partial charge in [0.25, 0.3) is 0 Å². The first-order valence-corrected chi connectivity index (χ1v) is 10.3. The lowest BCUT2D eigenvalue weighted by Gasteiger charge is -2.26. The molecular formula is C22H19F3N4O5. The lowest BCUT2D eigenvalue weighted by atomic mass is 9.87. The number of rotatable bonds is 7. The predicted octanol–water partition coefficient (Wildman–Crippen LogP) is 4.51. The van der Waals surface area contributed by atoms with Gasteiger partial charge in [-0.15, -0.1) is 5.10 Å². The third-order valence-electron chi connectivity index (χ3n) is 5.31. The number of hydrogen-bond acceptors (Lipinski definition) is 7. The van der Waals surface area contributed by atoms with Crippen molar-refractivity contribution in [3.63, 3.8) is 0 Å². The fourth-order valence-corrected chi connectivity index (χ4v) is 3.52. The quantitative estimate of drug-likeness (QED) is 0.426. The van der Waals surface area contributed by atoms with Gasteiger partial charge < -0.3 is 24.9 Å². The minimum absolute atomic E-state index is 0.0697. The molecule has 9 nitrogen and oxygen atoms in total. The first-order valence-electron chi connectivity index (χ1n) is 10.3. The number of carbonyl (C=O) groups excluding carboxylic acids is 1. The largest absolute Gasteiger partial charge is 0.490 e. The number of benzene rings is 2. The Morgan fingerprint density at radius 1 is 0.971 bits per heavy atom. The van der Waals surface area contributed by atoms with Crippen LogP contribution in [0.25, 0.3) is 0 Å². The van der Waals surface area contributed by atoms with Gasteiger partial charge in [-0.25, -0.2) is 13.2 Å². The van der Waals surface area contributed by atoms with Gasteiger partial charge in [-0.3, -0.25) is 9.59 Å². The lowest BCUT2D eigenvalue weighted by Crippen LogP contribution is -2.27. The van der Waals surface area contributed by atoms with E-state index >= 15 is 0 Å². The fraction of sp³-hybridized carbons (Fsp3) is 0.273. The molecule has 1 aliphatic carbocycles. The number of amides is 1. The summed E-state index contributed by atoms with van der Waals surface area (Å²) < 4.78 is 51.0. The molecule has 0 atom stereocenters. The summed E-state index contributed by atoms with van der Waals surface area (Å²) in [6.07, 6.45) is 2.37. The molecule has 12 heteroatoms. The van der Waals surface area contributed by atoms with Gasteiger partial charge in [-0.05, 0) is 49.9 Å². The molecule has 4 rings (SSSR count). The number of aromatic nitrogens is 2. The smallest absolute Gasteiger partial charge is 0.320 e.